The highest BCUT2D eigenvalue weighted by atomic mass is 16.6. The molecule has 0 aromatic rings. The highest BCUT2D eigenvalue weighted by Gasteiger charge is 2.21. The van der Waals surface area contributed by atoms with Crippen LogP contribution in [0.3, 0.4) is 0 Å². The van der Waals surface area contributed by atoms with E-state index in [2.05, 4.69) is 47.6 Å². The van der Waals surface area contributed by atoms with Crippen molar-refractivity contribution < 1.29 is 23.9 Å². The Balaban J connectivity index is 5.10. The number of rotatable bonds is 10. The Morgan fingerprint density at radius 2 is 0.826 bits per heavy atom. The van der Waals surface area contributed by atoms with Crippen molar-refractivity contribution in [3.8, 4) is 0 Å². The summed E-state index contributed by atoms with van der Waals surface area (Å²) in [5.41, 5.74) is 0. The molecule has 0 heterocycles. The number of hydrogen-bond donors (Lipinski definition) is 4. The summed E-state index contributed by atoms with van der Waals surface area (Å²) in [5.74, 6) is -2.65. The van der Waals surface area contributed by atoms with Gasteiger partial charge in [0, 0.05) is 0 Å². The van der Waals surface area contributed by atoms with Gasteiger partial charge in [0.2, 0.25) is 36.3 Å². The zero-order chi connectivity index (χ0) is 17.8. The minimum atomic E-state index is -1.38. The van der Waals surface area contributed by atoms with E-state index in [9.17, 15) is 19.2 Å². The van der Waals surface area contributed by atoms with Crippen LogP contribution in [0.2, 0.25) is 0 Å². The Kier molecular flexibility index (Phi) is 9.05. The van der Waals surface area contributed by atoms with Crippen LogP contribution in [0.15, 0.2) is 50.6 Å². The van der Waals surface area contributed by atoms with Gasteiger partial charge in [0.1, 0.15) is 0 Å². The summed E-state index contributed by atoms with van der Waals surface area (Å²) in [7, 11) is 0. The van der Waals surface area contributed by atoms with Crippen LogP contribution in [-0.2, 0) is 23.9 Å². The predicted molar refractivity (Wildman–Crippen MR) is 82.0 cm³/mol. The normalized spacial score (nSPS) is 9.48. The zero-order valence-electron chi connectivity index (χ0n) is 12.3. The fraction of sp³-hybridized carbons (Fsp3) is 0.143. The lowest BCUT2D eigenvalue weighted by Gasteiger charge is -2.26. The summed E-state index contributed by atoms with van der Waals surface area (Å²) < 4.78 is 5.22. The topological polar surface area (TPSA) is 126 Å². The molecule has 23 heavy (non-hydrogen) atoms. The Hall–Kier alpha value is -3.20. The maximum absolute atomic E-state index is 11.3. The van der Waals surface area contributed by atoms with Gasteiger partial charge in [-0.1, -0.05) is 26.3 Å². The van der Waals surface area contributed by atoms with Gasteiger partial charge in [-0.15, -0.1) is 0 Å². The van der Waals surface area contributed by atoms with Gasteiger partial charge >= 0.3 is 0 Å². The molecule has 124 valence electrons. The Morgan fingerprint density at radius 1 is 0.609 bits per heavy atom. The average molecular weight is 322 g/mol. The first-order chi connectivity index (χ1) is 10.9. The molecule has 0 unspecified atom stereocenters. The van der Waals surface area contributed by atoms with Crippen molar-refractivity contribution in [1.82, 2.24) is 21.3 Å². The van der Waals surface area contributed by atoms with E-state index >= 15 is 0 Å². The molecular weight excluding hydrogens is 304 g/mol. The summed E-state index contributed by atoms with van der Waals surface area (Å²) in [6.45, 7) is 13.0. The lowest BCUT2D eigenvalue weighted by molar-refractivity contribution is -0.141. The van der Waals surface area contributed by atoms with E-state index in [1.54, 1.807) is 0 Å². The molecule has 0 saturated heterocycles. The summed E-state index contributed by atoms with van der Waals surface area (Å²) in [6, 6.07) is 0. The Bertz CT molecular complexity index is 439. The van der Waals surface area contributed by atoms with E-state index in [0.717, 1.165) is 24.3 Å². The number of amides is 4. The van der Waals surface area contributed by atoms with Gasteiger partial charge in [-0.05, 0) is 24.3 Å². The smallest absolute Gasteiger partial charge is 0.246 e. The van der Waals surface area contributed by atoms with Crippen LogP contribution in [0.5, 0.6) is 0 Å². The molecule has 0 bridgehead atoms. The van der Waals surface area contributed by atoms with Crippen LogP contribution in [-0.4, -0.2) is 36.3 Å². The lowest BCUT2D eigenvalue weighted by atomic mass is 10.5. The molecule has 0 aromatic heterocycles. The Labute approximate surface area is 133 Å². The molecule has 0 atom stereocenters. The van der Waals surface area contributed by atoms with Crippen LogP contribution < -0.4 is 21.3 Å². The van der Waals surface area contributed by atoms with Crippen molar-refractivity contribution in [2.24, 2.45) is 0 Å². The van der Waals surface area contributed by atoms with Crippen LogP contribution in [0.1, 0.15) is 0 Å². The van der Waals surface area contributed by atoms with Gasteiger partial charge in [-0.25, -0.2) is 0 Å². The number of hydrogen-bond acceptors (Lipinski definition) is 5. The van der Waals surface area contributed by atoms with Crippen molar-refractivity contribution >= 4 is 23.6 Å². The van der Waals surface area contributed by atoms with Crippen molar-refractivity contribution in [3.63, 3.8) is 0 Å². The molecule has 9 nitrogen and oxygen atoms in total. The van der Waals surface area contributed by atoms with E-state index < -0.39 is 36.3 Å². The molecule has 0 aromatic carbocycles. The zero-order valence-corrected chi connectivity index (χ0v) is 12.3. The molecule has 0 aliphatic rings. The second-order valence-electron chi connectivity index (χ2n) is 3.75. The Morgan fingerprint density at radius 3 is 1.00 bits per heavy atom. The highest BCUT2D eigenvalue weighted by Crippen LogP contribution is 1.92. The molecule has 0 radical (unpaired) electrons. The number of carbonyl (C=O) groups excluding carboxylic acids is 4. The minimum absolute atomic E-state index is 0.664. The van der Waals surface area contributed by atoms with Crippen LogP contribution in [0, 0.1) is 0 Å². The fourth-order valence-electron chi connectivity index (χ4n) is 1.10. The molecule has 0 saturated carbocycles. The third-order valence-corrected chi connectivity index (χ3v) is 2.11. The van der Waals surface area contributed by atoms with Gasteiger partial charge in [0.15, 0.2) is 0 Å². The van der Waals surface area contributed by atoms with Gasteiger partial charge in [0.05, 0.1) is 0 Å². The molecular formula is C14H18N4O5. The van der Waals surface area contributed by atoms with Gasteiger partial charge in [-0.2, -0.15) is 0 Å². The van der Waals surface area contributed by atoms with Gasteiger partial charge in [0.25, 0.3) is 0 Å². The second kappa shape index (κ2) is 10.5. The lowest BCUT2D eigenvalue weighted by Crippen LogP contribution is -2.57. The molecule has 0 aliphatic carbocycles. The predicted octanol–water partition coefficient (Wildman–Crippen LogP) is -1.22. The molecule has 9 heteroatoms. The molecule has 0 aliphatic heterocycles. The minimum Gasteiger partial charge on any atom is -0.310 e. The van der Waals surface area contributed by atoms with Gasteiger partial charge < -0.3 is 21.3 Å². The van der Waals surface area contributed by atoms with Crippen LogP contribution >= 0.6 is 0 Å². The van der Waals surface area contributed by atoms with Crippen LogP contribution in [0.25, 0.3) is 0 Å². The largest absolute Gasteiger partial charge is 0.310 e. The van der Waals surface area contributed by atoms with E-state index in [1.165, 1.54) is 0 Å². The first-order valence-electron chi connectivity index (χ1n) is 6.23. The maximum atomic E-state index is 11.3. The van der Waals surface area contributed by atoms with Gasteiger partial charge in [-0.3, -0.25) is 23.9 Å². The fourth-order valence-corrected chi connectivity index (χ4v) is 1.10. The third-order valence-electron chi connectivity index (χ3n) is 2.11. The van der Waals surface area contributed by atoms with Crippen molar-refractivity contribution in [2.45, 2.75) is 12.7 Å². The second-order valence-corrected chi connectivity index (χ2v) is 3.75. The molecule has 0 spiro atoms. The highest BCUT2D eigenvalue weighted by molar-refractivity contribution is 5.90. The SMILES string of the molecule is C=CC(=O)NC(NC(=O)C=C)OC(NC(=O)C=C)NC(=O)C=C. The monoisotopic (exact) mass is 322 g/mol. The average Bonchev–Trinajstić information content (AvgIpc) is 2.53. The summed E-state index contributed by atoms with van der Waals surface area (Å²) >= 11 is 0. The summed E-state index contributed by atoms with van der Waals surface area (Å²) in [4.78, 5) is 45.3. The third kappa shape index (κ3) is 8.63. The van der Waals surface area contributed by atoms with E-state index in [4.69, 9.17) is 4.74 Å². The summed E-state index contributed by atoms with van der Waals surface area (Å²) in [6.07, 6.45) is 0.996. The molecule has 0 rings (SSSR count). The van der Waals surface area contributed by atoms with Crippen molar-refractivity contribution in [2.75, 3.05) is 0 Å². The molecule has 4 N–H and O–H groups in total. The van der Waals surface area contributed by atoms with Crippen molar-refractivity contribution in [1.29, 1.82) is 0 Å². The standard InChI is InChI=1S/C14H18N4O5/c1-5-9(19)15-13(16-10(20)6-2)23-14(17-11(21)7-3)18-12(22)8-4/h5-8,13-14H,1-4H2,(H,15,19)(H,16,20)(H,17,21)(H,18,22). The first kappa shape index (κ1) is 19.8. The molecule has 4 amide bonds. The van der Waals surface area contributed by atoms with E-state index in [0.29, 0.717) is 0 Å². The maximum Gasteiger partial charge on any atom is 0.246 e. The first-order valence-corrected chi connectivity index (χ1v) is 6.23. The number of nitrogens with one attached hydrogen (secondary N) is 4. The van der Waals surface area contributed by atoms with E-state index in [1.807, 2.05) is 0 Å². The number of carbonyl (C=O) groups is 4. The van der Waals surface area contributed by atoms with Crippen molar-refractivity contribution in [3.05, 3.63) is 50.6 Å². The number of ether oxygens (including phenoxy) is 1. The summed E-state index contributed by atoms with van der Waals surface area (Å²) in [5, 5.41) is 8.93. The molecule has 0 fully saturated rings. The quantitative estimate of drug-likeness (QED) is 0.296. The van der Waals surface area contributed by atoms with Crippen LogP contribution in [0.4, 0.5) is 0 Å². The van der Waals surface area contributed by atoms with E-state index in [-0.39, 0.29) is 0 Å².